The number of hydrogen-bond acceptors (Lipinski definition) is 5. The van der Waals surface area contributed by atoms with E-state index in [9.17, 15) is 16.8 Å². The third-order valence-corrected chi connectivity index (χ3v) is 5.38. The molecular weight excluding hydrogens is 374 g/mol. The average molecular weight is 389 g/mol. The molecule has 0 spiro atoms. The summed E-state index contributed by atoms with van der Waals surface area (Å²) >= 11 is 0. The van der Waals surface area contributed by atoms with Crippen LogP contribution in [0.3, 0.4) is 0 Å². The van der Waals surface area contributed by atoms with Gasteiger partial charge in [-0.15, -0.1) is 0 Å². The Balaban J connectivity index is 2.26. The fourth-order valence-corrected chi connectivity index (χ4v) is 4.06. The fraction of sp³-hybridized carbons (Fsp3) is 0.118. The molecule has 9 heteroatoms. The predicted octanol–water partition coefficient (Wildman–Crippen LogP) is 2.36. The zero-order valence-corrected chi connectivity index (χ0v) is 15.6. The predicted molar refractivity (Wildman–Crippen MR) is 101 cm³/mol. The van der Waals surface area contributed by atoms with Crippen molar-refractivity contribution in [3.05, 3.63) is 54.2 Å². The third-order valence-electron chi connectivity index (χ3n) is 3.76. The highest BCUT2D eigenvalue weighted by Crippen LogP contribution is 2.33. The lowest BCUT2D eigenvalue weighted by Crippen LogP contribution is -2.10. The summed E-state index contributed by atoms with van der Waals surface area (Å²) in [5, 5.41) is 9.57. The van der Waals surface area contributed by atoms with Crippen molar-refractivity contribution in [2.24, 2.45) is 0 Å². The van der Waals surface area contributed by atoms with E-state index in [1.807, 2.05) is 6.07 Å². The van der Waals surface area contributed by atoms with Crippen molar-refractivity contribution in [2.75, 3.05) is 17.2 Å². The van der Waals surface area contributed by atoms with Gasteiger partial charge in [0.2, 0.25) is 20.0 Å². The minimum Gasteiger partial charge on any atom is -0.284 e. The van der Waals surface area contributed by atoms with Crippen LogP contribution in [0.25, 0.3) is 22.0 Å². The molecule has 0 aliphatic heterocycles. The van der Waals surface area contributed by atoms with Crippen LogP contribution in [0.1, 0.15) is 5.56 Å². The van der Waals surface area contributed by atoms with Gasteiger partial charge in [-0.3, -0.25) is 4.72 Å². The van der Waals surface area contributed by atoms with E-state index in [2.05, 4.69) is 4.72 Å². The Morgan fingerprint density at radius 1 is 1.00 bits per heavy atom. The van der Waals surface area contributed by atoms with Crippen molar-refractivity contribution < 1.29 is 16.8 Å². The summed E-state index contributed by atoms with van der Waals surface area (Å²) in [7, 11) is -7.09. The van der Waals surface area contributed by atoms with Crippen LogP contribution >= 0.6 is 0 Å². The molecule has 1 heterocycles. The highest BCUT2D eigenvalue weighted by atomic mass is 32.2. The molecule has 1 N–H and O–H groups in total. The van der Waals surface area contributed by atoms with Crippen molar-refractivity contribution in [3.63, 3.8) is 0 Å². The second-order valence-electron chi connectivity index (χ2n) is 5.90. The van der Waals surface area contributed by atoms with Gasteiger partial charge in [0.15, 0.2) is 0 Å². The van der Waals surface area contributed by atoms with Gasteiger partial charge in [0.1, 0.15) is 0 Å². The molecular formula is C17H15N3O4S2. The molecule has 2 aromatic carbocycles. The van der Waals surface area contributed by atoms with E-state index in [1.54, 1.807) is 36.4 Å². The molecule has 3 aromatic rings. The van der Waals surface area contributed by atoms with Gasteiger partial charge in [0, 0.05) is 17.1 Å². The molecule has 1 aromatic heterocycles. The van der Waals surface area contributed by atoms with E-state index in [4.69, 9.17) is 5.26 Å². The van der Waals surface area contributed by atoms with Crippen LogP contribution in [0.5, 0.6) is 0 Å². The van der Waals surface area contributed by atoms with Crippen LogP contribution in [-0.2, 0) is 20.0 Å². The van der Waals surface area contributed by atoms with Crippen molar-refractivity contribution in [2.45, 2.75) is 0 Å². The minimum atomic E-state index is -3.60. The fourth-order valence-electron chi connectivity index (χ4n) is 2.70. The second-order valence-corrected chi connectivity index (χ2v) is 9.50. The largest absolute Gasteiger partial charge is 0.284 e. The Bertz CT molecular complexity index is 1250. The lowest BCUT2D eigenvalue weighted by atomic mass is 10.0. The standard InChI is InChI=1S/C17H15N3O4S2/c1-25(21,22)19-14-7-8-15-16(13-5-3-12(10-18)4-6-13)11-20(17(15)9-14)26(2,23)24/h3-9,11,19H,1-2H3. The summed E-state index contributed by atoms with van der Waals surface area (Å²) in [5.41, 5.74) is 2.55. The number of benzene rings is 2. The first-order chi connectivity index (χ1) is 12.1. The lowest BCUT2D eigenvalue weighted by Gasteiger charge is -2.06. The van der Waals surface area contributed by atoms with Crippen molar-refractivity contribution in [3.8, 4) is 17.2 Å². The van der Waals surface area contributed by atoms with Gasteiger partial charge in [-0.2, -0.15) is 5.26 Å². The molecule has 0 fully saturated rings. The number of fused-ring (bicyclic) bond motifs is 1. The van der Waals surface area contributed by atoms with Gasteiger partial charge >= 0.3 is 0 Å². The van der Waals surface area contributed by atoms with E-state index in [0.29, 0.717) is 22.0 Å². The number of aromatic nitrogens is 1. The van der Waals surface area contributed by atoms with Gasteiger partial charge < -0.3 is 0 Å². The first-order valence-electron chi connectivity index (χ1n) is 7.42. The monoisotopic (exact) mass is 389 g/mol. The molecule has 0 unspecified atom stereocenters. The lowest BCUT2D eigenvalue weighted by molar-refractivity contribution is 0.595. The number of sulfonamides is 1. The van der Waals surface area contributed by atoms with Gasteiger partial charge in [-0.25, -0.2) is 20.8 Å². The van der Waals surface area contributed by atoms with E-state index >= 15 is 0 Å². The maximum absolute atomic E-state index is 12.2. The molecule has 0 aliphatic carbocycles. The highest BCUT2D eigenvalue weighted by Gasteiger charge is 2.17. The summed E-state index contributed by atoms with van der Waals surface area (Å²) < 4.78 is 50.7. The Hall–Kier alpha value is -2.83. The van der Waals surface area contributed by atoms with Crippen molar-refractivity contribution in [1.82, 2.24) is 3.97 Å². The summed E-state index contributed by atoms with van der Waals surface area (Å²) in [6, 6.07) is 13.5. The highest BCUT2D eigenvalue weighted by molar-refractivity contribution is 7.92. The number of nitriles is 1. The van der Waals surface area contributed by atoms with Gasteiger partial charge in [-0.1, -0.05) is 18.2 Å². The SMILES string of the molecule is CS(=O)(=O)Nc1ccc2c(-c3ccc(C#N)cc3)cn(S(C)(=O)=O)c2c1. The normalized spacial score (nSPS) is 12.0. The zero-order valence-electron chi connectivity index (χ0n) is 14.0. The molecule has 0 bridgehead atoms. The summed E-state index contributed by atoms with van der Waals surface area (Å²) in [5.74, 6) is 0. The van der Waals surface area contributed by atoms with Crippen LogP contribution in [0.4, 0.5) is 5.69 Å². The van der Waals surface area contributed by atoms with Gasteiger partial charge in [0.05, 0.1) is 35.3 Å². The number of hydrogen-bond donors (Lipinski definition) is 1. The third kappa shape index (κ3) is 3.56. The molecule has 134 valence electrons. The molecule has 26 heavy (non-hydrogen) atoms. The van der Waals surface area contributed by atoms with Crippen LogP contribution in [0.2, 0.25) is 0 Å². The Morgan fingerprint density at radius 3 is 2.19 bits per heavy atom. The smallest absolute Gasteiger partial charge is 0.236 e. The second kappa shape index (κ2) is 6.16. The first-order valence-corrected chi connectivity index (χ1v) is 11.2. The molecule has 0 atom stereocenters. The zero-order chi connectivity index (χ0) is 19.1. The molecule has 0 saturated carbocycles. The summed E-state index contributed by atoms with van der Waals surface area (Å²) in [4.78, 5) is 0. The molecule has 0 aliphatic rings. The Morgan fingerprint density at radius 2 is 1.65 bits per heavy atom. The first kappa shape index (κ1) is 18.0. The van der Waals surface area contributed by atoms with E-state index in [-0.39, 0.29) is 5.69 Å². The Kier molecular flexibility index (Phi) is 4.26. The van der Waals surface area contributed by atoms with Crippen LogP contribution in [-0.4, -0.2) is 33.3 Å². The van der Waals surface area contributed by atoms with E-state index < -0.39 is 20.0 Å². The van der Waals surface area contributed by atoms with E-state index in [0.717, 1.165) is 22.0 Å². The average Bonchev–Trinajstić information content (AvgIpc) is 2.92. The molecule has 7 nitrogen and oxygen atoms in total. The Labute approximate surface area is 151 Å². The van der Waals surface area contributed by atoms with Gasteiger partial charge in [-0.05, 0) is 29.8 Å². The number of anilines is 1. The van der Waals surface area contributed by atoms with Crippen LogP contribution in [0.15, 0.2) is 48.7 Å². The maximum Gasteiger partial charge on any atom is 0.236 e. The van der Waals surface area contributed by atoms with Crippen LogP contribution in [0, 0.1) is 11.3 Å². The van der Waals surface area contributed by atoms with Gasteiger partial charge in [0.25, 0.3) is 0 Å². The quantitative estimate of drug-likeness (QED) is 0.737. The number of nitrogens with one attached hydrogen (secondary N) is 1. The molecule has 0 saturated heterocycles. The van der Waals surface area contributed by atoms with Crippen molar-refractivity contribution in [1.29, 1.82) is 5.26 Å². The molecule has 0 radical (unpaired) electrons. The number of rotatable bonds is 4. The number of nitrogens with zero attached hydrogens (tertiary/aromatic N) is 2. The van der Waals surface area contributed by atoms with Crippen LogP contribution < -0.4 is 4.72 Å². The van der Waals surface area contributed by atoms with Crippen molar-refractivity contribution >= 4 is 36.6 Å². The minimum absolute atomic E-state index is 0.273. The molecule has 0 amide bonds. The maximum atomic E-state index is 12.2. The topological polar surface area (TPSA) is 109 Å². The summed E-state index contributed by atoms with van der Waals surface area (Å²) in [6.07, 6.45) is 3.59. The summed E-state index contributed by atoms with van der Waals surface area (Å²) in [6.45, 7) is 0. The molecule has 3 rings (SSSR count). The van der Waals surface area contributed by atoms with E-state index in [1.165, 1.54) is 12.3 Å².